The molecule has 0 radical (unpaired) electrons. The van der Waals surface area contributed by atoms with Crippen LogP contribution in [0.5, 0.6) is 0 Å². The summed E-state index contributed by atoms with van der Waals surface area (Å²) >= 11 is 0. The maximum Gasteiger partial charge on any atom is 0.246 e. The normalized spacial score (nSPS) is 17.3. The zero-order chi connectivity index (χ0) is 20.4. The lowest BCUT2D eigenvalue weighted by molar-refractivity contribution is 0.0925. The fourth-order valence-corrected chi connectivity index (χ4v) is 5.28. The van der Waals surface area contributed by atoms with Gasteiger partial charge in [0.25, 0.3) is 0 Å². The molecule has 2 aromatic heterocycles. The molecule has 7 nitrogen and oxygen atoms in total. The van der Waals surface area contributed by atoms with Crippen molar-refractivity contribution in [1.29, 1.82) is 0 Å². The van der Waals surface area contributed by atoms with Gasteiger partial charge in [0.05, 0.1) is 6.10 Å². The molecular weight excluding hydrogens is 390 g/mol. The number of nitrogens with zero attached hydrogens (tertiary/aromatic N) is 2. The summed E-state index contributed by atoms with van der Waals surface area (Å²) in [5.74, 6) is 0.808. The Kier molecular flexibility index (Phi) is 5.58. The van der Waals surface area contributed by atoms with Crippen LogP contribution >= 0.6 is 0 Å². The van der Waals surface area contributed by atoms with Gasteiger partial charge in [-0.05, 0) is 38.3 Å². The van der Waals surface area contributed by atoms with E-state index in [1.54, 1.807) is 25.3 Å². The third-order valence-electron chi connectivity index (χ3n) is 5.13. The molecule has 154 valence electrons. The second-order valence-corrected chi connectivity index (χ2v) is 9.33. The minimum atomic E-state index is -3.78. The lowest BCUT2D eigenvalue weighted by Gasteiger charge is -2.24. The predicted octanol–water partition coefficient (Wildman–Crippen LogP) is 3.66. The number of furan rings is 1. The van der Waals surface area contributed by atoms with E-state index in [0.29, 0.717) is 30.4 Å². The number of H-pyrrole nitrogens is 1. The highest BCUT2D eigenvalue weighted by molar-refractivity contribution is 7.89. The van der Waals surface area contributed by atoms with Gasteiger partial charge in [0.1, 0.15) is 16.3 Å². The van der Waals surface area contributed by atoms with Crippen molar-refractivity contribution in [2.45, 2.75) is 44.2 Å². The van der Waals surface area contributed by atoms with Crippen molar-refractivity contribution in [3.05, 3.63) is 59.5 Å². The number of nitrogens with one attached hydrogen (secondary N) is 1. The number of ether oxygens (including phenoxy) is 1. The van der Waals surface area contributed by atoms with Gasteiger partial charge >= 0.3 is 0 Å². The molecule has 1 atom stereocenters. The quantitative estimate of drug-likeness (QED) is 0.636. The Balaban J connectivity index is 1.68. The van der Waals surface area contributed by atoms with Crippen molar-refractivity contribution < 1.29 is 17.6 Å². The smallest absolute Gasteiger partial charge is 0.246 e. The fraction of sp³-hybridized carbons (Fsp3) is 0.381. The number of benzene rings is 1. The van der Waals surface area contributed by atoms with Crippen LogP contribution in [0.25, 0.3) is 11.5 Å². The molecule has 0 amide bonds. The number of sulfonamides is 1. The van der Waals surface area contributed by atoms with E-state index in [0.717, 1.165) is 24.0 Å². The van der Waals surface area contributed by atoms with Gasteiger partial charge in [-0.2, -0.15) is 9.40 Å². The Labute approximate surface area is 170 Å². The minimum Gasteiger partial charge on any atom is -0.458 e. The summed E-state index contributed by atoms with van der Waals surface area (Å²) in [7, 11) is -3.78. The Hall–Kier alpha value is -2.42. The number of hydrogen-bond acceptors (Lipinski definition) is 5. The monoisotopic (exact) mass is 415 g/mol. The van der Waals surface area contributed by atoms with Crippen LogP contribution in [0, 0.1) is 13.8 Å². The Bertz CT molecular complexity index is 1070. The molecule has 0 aliphatic carbocycles. The molecule has 1 unspecified atom stereocenters. The van der Waals surface area contributed by atoms with E-state index in [9.17, 15) is 8.42 Å². The molecule has 0 spiro atoms. The molecule has 1 aromatic carbocycles. The number of rotatable bonds is 7. The molecule has 3 aromatic rings. The lowest BCUT2D eigenvalue weighted by atomic mass is 10.1. The molecule has 8 heteroatoms. The molecular formula is C21H25N3O4S. The lowest BCUT2D eigenvalue weighted by Crippen LogP contribution is -2.37. The number of aromatic amines is 1. The van der Waals surface area contributed by atoms with Crippen LogP contribution in [-0.4, -0.2) is 42.2 Å². The molecule has 1 saturated heterocycles. The molecule has 1 N–H and O–H groups in total. The van der Waals surface area contributed by atoms with Crippen LogP contribution < -0.4 is 0 Å². The van der Waals surface area contributed by atoms with Gasteiger partial charge in [-0.15, -0.1) is 0 Å². The summed E-state index contributed by atoms with van der Waals surface area (Å²) in [6, 6.07) is 11.2. The first-order valence-corrected chi connectivity index (χ1v) is 11.1. The van der Waals surface area contributed by atoms with Gasteiger partial charge in [0, 0.05) is 32.0 Å². The van der Waals surface area contributed by atoms with Crippen LogP contribution in [0.1, 0.15) is 29.7 Å². The third kappa shape index (κ3) is 4.29. The molecule has 3 heterocycles. The number of hydrogen-bond donors (Lipinski definition) is 1. The van der Waals surface area contributed by atoms with E-state index in [1.165, 1.54) is 4.31 Å². The maximum atomic E-state index is 13.6. The van der Waals surface area contributed by atoms with E-state index in [2.05, 4.69) is 10.2 Å². The first kappa shape index (κ1) is 19.9. The summed E-state index contributed by atoms with van der Waals surface area (Å²) in [5, 5.41) is 6.71. The van der Waals surface area contributed by atoms with Crippen molar-refractivity contribution >= 4 is 10.0 Å². The fourth-order valence-electron chi connectivity index (χ4n) is 3.66. The summed E-state index contributed by atoms with van der Waals surface area (Å²) < 4.78 is 40.2. The predicted molar refractivity (Wildman–Crippen MR) is 109 cm³/mol. The topological polar surface area (TPSA) is 88.4 Å². The van der Waals surface area contributed by atoms with E-state index >= 15 is 0 Å². The van der Waals surface area contributed by atoms with Crippen LogP contribution in [0.15, 0.2) is 51.9 Å². The van der Waals surface area contributed by atoms with Gasteiger partial charge < -0.3 is 9.15 Å². The molecule has 1 aliphatic rings. The zero-order valence-corrected chi connectivity index (χ0v) is 17.4. The molecule has 4 rings (SSSR count). The average molecular weight is 416 g/mol. The van der Waals surface area contributed by atoms with Crippen molar-refractivity contribution in [1.82, 2.24) is 14.5 Å². The maximum absolute atomic E-state index is 13.6. The van der Waals surface area contributed by atoms with E-state index < -0.39 is 10.0 Å². The zero-order valence-electron chi connectivity index (χ0n) is 16.6. The second kappa shape index (κ2) is 8.14. The van der Waals surface area contributed by atoms with E-state index in [1.807, 2.05) is 31.2 Å². The van der Waals surface area contributed by atoms with Gasteiger partial charge in [-0.1, -0.05) is 29.8 Å². The summed E-state index contributed by atoms with van der Waals surface area (Å²) in [6.45, 7) is 4.95. The van der Waals surface area contributed by atoms with Crippen LogP contribution in [-0.2, 0) is 21.3 Å². The van der Waals surface area contributed by atoms with E-state index in [4.69, 9.17) is 9.15 Å². The van der Waals surface area contributed by atoms with Crippen molar-refractivity contribution in [2.24, 2.45) is 0 Å². The van der Waals surface area contributed by atoms with Crippen molar-refractivity contribution in [3.63, 3.8) is 0 Å². The molecule has 0 bridgehead atoms. The highest BCUT2D eigenvalue weighted by Crippen LogP contribution is 2.30. The number of aryl methyl sites for hydroxylation is 2. The van der Waals surface area contributed by atoms with Crippen LogP contribution in [0.3, 0.4) is 0 Å². The van der Waals surface area contributed by atoms with Gasteiger partial charge in [0.2, 0.25) is 10.0 Å². The van der Waals surface area contributed by atoms with Gasteiger partial charge in [0.15, 0.2) is 5.76 Å². The average Bonchev–Trinajstić information content (AvgIpc) is 3.43. The van der Waals surface area contributed by atoms with Crippen molar-refractivity contribution in [2.75, 3.05) is 13.2 Å². The highest BCUT2D eigenvalue weighted by atomic mass is 32.2. The van der Waals surface area contributed by atoms with E-state index in [-0.39, 0.29) is 17.5 Å². The largest absolute Gasteiger partial charge is 0.458 e. The molecule has 0 saturated carbocycles. The second-order valence-electron chi connectivity index (χ2n) is 7.42. The molecule has 29 heavy (non-hydrogen) atoms. The van der Waals surface area contributed by atoms with Crippen LogP contribution in [0.4, 0.5) is 0 Å². The standard InChI is InChI=1S/C21H25N3O4S/c1-15-5-3-6-17(11-15)13-24(14-18-7-4-10-27-18)29(25,26)21-12-20(28-16(21)2)19-8-9-22-23-19/h3,5-6,8-9,11-12,18H,4,7,10,13-14H2,1-2H3,(H,22,23). The Morgan fingerprint density at radius 1 is 1.24 bits per heavy atom. The summed E-state index contributed by atoms with van der Waals surface area (Å²) in [4.78, 5) is 0.174. The first-order chi connectivity index (χ1) is 13.9. The van der Waals surface area contributed by atoms with Gasteiger partial charge in [-0.25, -0.2) is 8.42 Å². The molecule has 1 fully saturated rings. The number of aromatic nitrogens is 2. The van der Waals surface area contributed by atoms with Crippen LogP contribution in [0.2, 0.25) is 0 Å². The Morgan fingerprint density at radius 3 is 2.79 bits per heavy atom. The minimum absolute atomic E-state index is 0.0890. The third-order valence-corrected chi connectivity index (χ3v) is 7.05. The SMILES string of the molecule is Cc1cccc(CN(CC2CCCO2)S(=O)(=O)c2cc(-c3ccn[nH]3)oc2C)c1. The van der Waals surface area contributed by atoms with Crippen molar-refractivity contribution in [3.8, 4) is 11.5 Å². The summed E-state index contributed by atoms with van der Waals surface area (Å²) in [6.07, 6.45) is 3.33. The Morgan fingerprint density at radius 2 is 2.10 bits per heavy atom. The first-order valence-electron chi connectivity index (χ1n) is 9.71. The highest BCUT2D eigenvalue weighted by Gasteiger charge is 2.32. The van der Waals surface area contributed by atoms with Gasteiger partial charge in [-0.3, -0.25) is 5.10 Å². The molecule has 1 aliphatic heterocycles. The summed E-state index contributed by atoms with van der Waals surface area (Å²) in [5.41, 5.74) is 2.68.